The van der Waals surface area contributed by atoms with Gasteiger partial charge < -0.3 is 15.4 Å². The molecule has 4 nitrogen and oxygen atoms in total. The van der Waals surface area contributed by atoms with Gasteiger partial charge in [-0.2, -0.15) is 0 Å². The zero-order valence-electron chi connectivity index (χ0n) is 10.7. The number of carbonyl (C=O) groups excluding carboxylic acids is 1. The van der Waals surface area contributed by atoms with Crippen molar-refractivity contribution in [3.05, 3.63) is 29.8 Å². The Bertz CT molecular complexity index is 401. The van der Waals surface area contributed by atoms with Crippen molar-refractivity contribution in [1.29, 1.82) is 0 Å². The van der Waals surface area contributed by atoms with Crippen LogP contribution in [-0.4, -0.2) is 32.2 Å². The van der Waals surface area contributed by atoms with Gasteiger partial charge in [0.05, 0.1) is 12.7 Å². The maximum Gasteiger partial charge on any atom is 0.337 e. The first-order valence-electron chi connectivity index (χ1n) is 6.45. The van der Waals surface area contributed by atoms with E-state index in [1.807, 2.05) is 18.2 Å². The van der Waals surface area contributed by atoms with E-state index in [1.54, 1.807) is 6.07 Å². The second kappa shape index (κ2) is 6.40. The molecule has 1 unspecified atom stereocenters. The predicted molar refractivity (Wildman–Crippen MR) is 71.9 cm³/mol. The fraction of sp³-hybridized carbons (Fsp3) is 0.500. The van der Waals surface area contributed by atoms with Gasteiger partial charge in [-0.25, -0.2) is 4.79 Å². The summed E-state index contributed by atoms with van der Waals surface area (Å²) < 4.78 is 4.71. The maximum absolute atomic E-state index is 11.4. The van der Waals surface area contributed by atoms with E-state index in [0.29, 0.717) is 11.6 Å². The SMILES string of the molecule is COC(=O)c1cccc(NCC2CCCCN2)c1. The molecule has 1 aromatic rings. The Labute approximate surface area is 108 Å². The second-order valence-electron chi connectivity index (χ2n) is 4.60. The van der Waals surface area contributed by atoms with E-state index in [2.05, 4.69) is 10.6 Å². The Kier molecular flexibility index (Phi) is 4.59. The molecule has 1 saturated heterocycles. The summed E-state index contributed by atoms with van der Waals surface area (Å²) >= 11 is 0. The number of benzene rings is 1. The topological polar surface area (TPSA) is 50.4 Å². The summed E-state index contributed by atoms with van der Waals surface area (Å²) in [6.45, 7) is 2.00. The third-order valence-electron chi connectivity index (χ3n) is 3.25. The van der Waals surface area contributed by atoms with Crippen molar-refractivity contribution < 1.29 is 9.53 Å². The number of hydrogen-bond acceptors (Lipinski definition) is 4. The van der Waals surface area contributed by atoms with Crippen molar-refractivity contribution in [2.75, 3.05) is 25.5 Å². The zero-order valence-corrected chi connectivity index (χ0v) is 10.7. The molecule has 1 heterocycles. The first-order chi connectivity index (χ1) is 8.79. The molecule has 98 valence electrons. The Morgan fingerprint density at radius 2 is 2.39 bits per heavy atom. The lowest BCUT2D eigenvalue weighted by atomic mass is 10.1. The second-order valence-corrected chi connectivity index (χ2v) is 4.60. The summed E-state index contributed by atoms with van der Waals surface area (Å²) in [5.74, 6) is -0.297. The van der Waals surface area contributed by atoms with Gasteiger partial charge in [-0.05, 0) is 37.6 Å². The van der Waals surface area contributed by atoms with Crippen LogP contribution in [0.4, 0.5) is 5.69 Å². The smallest absolute Gasteiger partial charge is 0.337 e. The normalized spacial score (nSPS) is 19.3. The Balaban J connectivity index is 1.90. The fourth-order valence-corrected chi connectivity index (χ4v) is 2.21. The standard InChI is InChI=1S/C14H20N2O2/c1-18-14(17)11-5-4-7-12(9-11)16-10-13-6-2-3-8-15-13/h4-5,7,9,13,15-16H,2-3,6,8,10H2,1H3. The molecule has 1 aliphatic heterocycles. The van der Waals surface area contributed by atoms with Crippen LogP contribution in [0.15, 0.2) is 24.3 Å². The number of carbonyl (C=O) groups is 1. The van der Waals surface area contributed by atoms with E-state index in [1.165, 1.54) is 26.4 Å². The quantitative estimate of drug-likeness (QED) is 0.800. The van der Waals surface area contributed by atoms with Gasteiger partial charge >= 0.3 is 5.97 Å². The third kappa shape index (κ3) is 3.47. The minimum absolute atomic E-state index is 0.297. The monoisotopic (exact) mass is 248 g/mol. The van der Waals surface area contributed by atoms with E-state index in [4.69, 9.17) is 4.74 Å². The van der Waals surface area contributed by atoms with Crippen molar-refractivity contribution in [3.8, 4) is 0 Å². The highest BCUT2D eigenvalue weighted by atomic mass is 16.5. The number of esters is 1. The number of nitrogens with one attached hydrogen (secondary N) is 2. The predicted octanol–water partition coefficient (Wildman–Crippen LogP) is 2.03. The minimum atomic E-state index is -0.297. The van der Waals surface area contributed by atoms with Crippen molar-refractivity contribution in [3.63, 3.8) is 0 Å². The molecular weight excluding hydrogens is 228 g/mol. The molecule has 4 heteroatoms. The molecule has 1 aliphatic rings. The summed E-state index contributed by atoms with van der Waals surface area (Å²) in [4.78, 5) is 11.4. The van der Waals surface area contributed by atoms with Crippen LogP contribution in [-0.2, 0) is 4.74 Å². The van der Waals surface area contributed by atoms with Gasteiger partial charge in [-0.3, -0.25) is 0 Å². The molecule has 1 fully saturated rings. The highest BCUT2D eigenvalue weighted by Gasteiger charge is 2.12. The van der Waals surface area contributed by atoms with Gasteiger partial charge in [0.1, 0.15) is 0 Å². The summed E-state index contributed by atoms with van der Waals surface area (Å²) in [6.07, 6.45) is 3.78. The average Bonchev–Trinajstić information content (AvgIpc) is 2.45. The van der Waals surface area contributed by atoms with Gasteiger partial charge in [0.15, 0.2) is 0 Å². The van der Waals surface area contributed by atoms with Crippen LogP contribution in [0.3, 0.4) is 0 Å². The third-order valence-corrected chi connectivity index (χ3v) is 3.25. The minimum Gasteiger partial charge on any atom is -0.465 e. The lowest BCUT2D eigenvalue weighted by Gasteiger charge is -2.24. The zero-order chi connectivity index (χ0) is 12.8. The molecule has 1 atom stereocenters. The maximum atomic E-state index is 11.4. The Morgan fingerprint density at radius 1 is 1.50 bits per heavy atom. The highest BCUT2D eigenvalue weighted by molar-refractivity contribution is 5.90. The van der Waals surface area contributed by atoms with Gasteiger partial charge in [0, 0.05) is 18.3 Å². The summed E-state index contributed by atoms with van der Waals surface area (Å²) in [6, 6.07) is 7.95. The van der Waals surface area contributed by atoms with E-state index < -0.39 is 0 Å². The van der Waals surface area contributed by atoms with Crippen molar-refractivity contribution >= 4 is 11.7 Å². The Morgan fingerprint density at radius 3 is 3.11 bits per heavy atom. The van der Waals surface area contributed by atoms with Gasteiger partial charge in [0.2, 0.25) is 0 Å². The number of piperidine rings is 1. The lowest BCUT2D eigenvalue weighted by Crippen LogP contribution is -2.39. The highest BCUT2D eigenvalue weighted by Crippen LogP contribution is 2.13. The molecule has 0 saturated carbocycles. The first kappa shape index (κ1) is 12.9. The molecule has 0 aromatic heterocycles. The summed E-state index contributed by atoms with van der Waals surface area (Å²) in [5, 5.41) is 6.85. The van der Waals surface area contributed by atoms with Gasteiger partial charge in [0.25, 0.3) is 0 Å². The first-order valence-corrected chi connectivity index (χ1v) is 6.45. The van der Waals surface area contributed by atoms with Crippen molar-refractivity contribution in [2.24, 2.45) is 0 Å². The summed E-state index contributed by atoms with van der Waals surface area (Å²) in [5.41, 5.74) is 1.55. The molecule has 1 aromatic carbocycles. The summed E-state index contributed by atoms with van der Waals surface area (Å²) in [7, 11) is 1.40. The molecule has 0 amide bonds. The number of methoxy groups -OCH3 is 1. The van der Waals surface area contributed by atoms with Crippen molar-refractivity contribution in [1.82, 2.24) is 5.32 Å². The van der Waals surface area contributed by atoms with E-state index in [-0.39, 0.29) is 5.97 Å². The van der Waals surface area contributed by atoms with Crippen LogP contribution in [0, 0.1) is 0 Å². The lowest BCUT2D eigenvalue weighted by molar-refractivity contribution is 0.0601. The molecule has 0 aliphatic carbocycles. The largest absolute Gasteiger partial charge is 0.465 e. The molecule has 2 N–H and O–H groups in total. The van der Waals surface area contributed by atoms with Crippen LogP contribution in [0.5, 0.6) is 0 Å². The number of rotatable bonds is 4. The molecular formula is C14H20N2O2. The average molecular weight is 248 g/mol. The van der Waals surface area contributed by atoms with Crippen LogP contribution < -0.4 is 10.6 Å². The number of hydrogen-bond donors (Lipinski definition) is 2. The molecule has 0 spiro atoms. The number of anilines is 1. The van der Waals surface area contributed by atoms with Gasteiger partial charge in [-0.15, -0.1) is 0 Å². The van der Waals surface area contributed by atoms with Gasteiger partial charge in [-0.1, -0.05) is 12.5 Å². The fourth-order valence-electron chi connectivity index (χ4n) is 2.21. The van der Waals surface area contributed by atoms with E-state index in [9.17, 15) is 4.79 Å². The number of ether oxygens (including phenoxy) is 1. The van der Waals surface area contributed by atoms with Crippen molar-refractivity contribution in [2.45, 2.75) is 25.3 Å². The van der Waals surface area contributed by atoms with Crippen LogP contribution in [0.2, 0.25) is 0 Å². The van der Waals surface area contributed by atoms with Crippen LogP contribution >= 0.6 is 0 Å². The molecule has 0 bridgehead atoms. The molecule has 2 rings (SSSR count). The van der Waals surface area contributed by atoms with E-state index in [0.717, 1.165) is 18.8 Å². The van der Waals surface area contributed by atoms with Crippen LogP contribution in [0.1, 0.15) is 29.6 Å². The van der Waals surface area contributed by atoms with E-state index >= 15 is 0 Å². The van der Waals surface area contributed by atoms with Crippen LogP contribution in [0.25, 0.3) is 0 Å². The molecule has 18 heavy (non-hydrogen) atoms. The molecule has 0 radical (unpaired) electrons. The Hall–Kier alpha value is -1.55.